The van der Waals surface area contributed by atoms with Crippen LogP contribution in [-0.4, -0.2) is 10.7 Å². The minimum Gasteiger partial charge on any atom is -0.390 e. The predicted octanol–water partition coefficient (Wildman–Crippen LogP) is 3.92. The number of rotatable bonds is 3. The van der Waals surface area contributed by atoms with Crippen LogP contribution in [0.5, 0.6) is 0 Å². The van der Waals surface area contributed by atoms with E-state index in [1.807, 2.05) is 6.08 Å². The molecule has 1 nitrogen and oxygen atoms in total. The first-order valence-corrected chi connectivity index (χ1v) is 6.21. The van der Waals surface area contributed by atoms with Crippen LogP contribution in [0.1, 0.15) is 59.3 Å². The molecule has 0 heterocycles. The van der Waals surface area contributed by atoms with Gasteiger partial charge in [-0.25, -0.2) is 0 Å². The summed E-state index contributed by atoms with van der Waals surface area (Å²) in [6, 6.07) is 0. The highest BCUT2D eigenvalue weighted by atomic mass is 16.3. The molecule has 0 radical (unpaired) electrons. The molecule has 88 valence electrons. The SMILES string of the molecule is C=CCCC1(O)CCC(C(C)(C)C)CC1. The standard InChI is InChI=1S/C14H26O/c1-5-6-9-14(15)10-7-12(8-11-14)13(2,3)4/h5,12,15H,1,6-11H2,2-4H3. The molecule has 0 saturated heterocycles. The zero-order valence-corrected chi connectivity index (χ0v) is 10.6. The summed E-state index contributed by atoms with van der Waals surface area (Å²) in [5.74, 6) is 0.779. The lowest BCUT2D eigenvalue weighted by molar-refractivity contribution is -0.0305. The highest BCUT2D eigenvalue weighted by molar-refractivity contribution is 4.90. The van der Waals surface area contributed by atoms with E-state index in [2.05, 4.69) is 27.4 Å². The van der Waals surface area contributed by atoms with Crippen molar-refractivity contribution in [1.82, 2.24) is 0 Å². The van der Waals surface area contributed by atoms with E-state index in [1.165, 1.54) is 12.8 Å². The van der Waals surface area contributed by atoms with E-state index >= 15 is 0 Å². The number of allylic oxidation sites excluding steroid dienone is 1. The van der Waals surface area contributed by atoms with Crippen LogP contribution in [0.3, 0.4) is 0 Å². The van der Waals surface area contributed by atoms with Crippen LogP contribution in [0.15, 0.2) is 12.7 Å². The monoisotopic (exact) mass is 210 g/mol. The first kappa shape index (κ1) is 12.8. The minimum absolute atomic E-state index is 0.393. The van der Waals surface area contributed by atoms with Crippen LogP contribution >= 0.6 is 0 Å². The van der Waals surface area contributed by atoms with Crippen molar-refractivity contribution in [2.45, 2.75) is 64.9 Å². The maximum Gasteiger partial charge on any atom is 0.0651 e. The first-order chi connectivity index (χ1) is 6.87. The molecule has 0 unspecified atom stereocenters. The van der Waals surface area contributed by atoms with Gasteiger partial charge in [-0.1, -0.05) is 26.8 Å². The fraction of sp³-hybridized carbons (Fsp3) is 0.857. The largest absolute Gasteiger partial charge is 0.390 e. The molecule has 1 rings (SSSR count). The molecule has 0 spiro atoms. The van der Waals surface area contributed by atoms with E-state index in [4.69, 9.17) is 0 Å². The summed E-state index contributed by atoms with van der Waals surface area (Å²) in [4.78, 5) is 0. The van der Waals surface area contributed by atoms with Gasteiger partial charge in [-0.15, -0.1) is 6.58 Å². The van der Waals surface area contributed by atoms with E-state index < -0.39 is 5.60 Å². The smallest absolute Gasteiger partial charge is 0.0651 e. The Kier molecular flexibility index (Phi) is 3.99. The van der Waals surface area contributed by atoms with Crippen LogP contribution in [0.25, 0.3) is 0 Å². The van der Waals surface area contributed by atoms with Crippen molar-refractivity contribution in [3.63, 3.8) is 0 Å². The van der Waals surface area contributed by atoms with Gasteiger partial charge < -0.3 is 5.11 Å². The Morgan fingerprint density at radius 2 is 1.87 bits per heavy atom. The van der Waals surface area contributed by atoms with Crippen LogP contribution in [-0.2, 0) is 0 Å². The molecular formula is C14H26O. The summed E-state index contributed by atoms with van der Waals surface area (Å²) < 4.78 is 0. The second kappa shape index (κ2) is 4.69. The molecule has 1 N–H and O–H groups in total. The summed E-state index contributed by atoms with van der Waals surface area (Å²) in [7, 11) is 0. The van der Waals surface area contributed by atoms with Crippen molar-refractivity contribution >= 4 is 0 Å². The van der Waals surface area contributed by atoms with Gasteiger partial charge in [0.25, 0.3) is 0 Å². The number of hydrogen-bond acceptors (Lipinski definition) is 1. The summed E-state index contributed by atoms with van der Waals surface area (Å²) in [5.41, 5.74) is 0.00963. The third-order valence-electron chi connectivity index (χ3n) is 3.95. The molecule has 0 aliphatic heterocycles. The lowest BCUT2D eigenvalue weighted by Crippen LogP contribution is -2.37. The van der Waals surface area contributed by atoms with Crippen LogP contribution in [0, 0.1) is 11.3 Å². The van der Waals surface area contributed by atoms with Crippen LogP contribution in [0.4, 0.5) is 0 Å². The van der Waals surface area contributed by atoms with Crippen molar-refractivity contribution in [1.29, 1.82) is 0 Å². The molecule has 1 saturated carbocycles. The molecule has 1 aliphatic carbocycles. The molecule has 1 heteroatoms. The number of aliphatic hydroxyl groups is 1. The highest BCUT2D eigenvalue weighted by Gasteiger charge is 2.36. The second-order valence-electron chi connectivity index (χ2n) is 6.19. The normalized spacial score (nSPS) is 32.7. The lowest BCUT2D eigenvalue weighted by atomic mass is 9.67. The van der Waals surface area contributed by atoms with Crippen molar-refractivity contribution in [3.05, 3.63) is 12.7 Å². The maximum absolute atomic E-state index is 10.3. The molecule has 0 aromatic carbocycles. The molecule has 0 bridgehead atoms. The lowest BCUT2D eigenvalue weighted by Gasteiger charge is -2.41. The molecule has 0 aromatic rings. The van der Waals surface area contributed by atoms with E-state index in [1.54, 1.807) is 0 Å². The summed E-state index contributed by atoms with van der Waals surface area (Å²) in [6.07, 6.45) is 8.05. The van der Waals surface area contributed by atoms with Gasteiger partial charge in [0, 0.05) is 0 Å². The van der Waals surface area contributed by atoms with Gasteiger partial charge in [0.05, 0.1) is 5.60 Å². The van der Waals surface area contributed by atoms with Gasteiger partial charge >= 0.3 is 0 Å². The van der Waals surface area contributed by atoms with Crippen molar-refractivity contribution in [2.24, 2.45) is 11.3 Å². The maximum atomic E-state index is 10.3. The topological polar surface area (TPSA) is 20.2 Å². The minimum atomic E-state index is -0.393. The van der Waals surface area contributed by atoms with Gasteiger partial charge in [-0.2, -0.15) is 0 Å². The summed E-state index contributed by atoms with van der Waals surface area (Å²) >= 11 is 0. The summed E-state index contributed by atoms with van der Waals surface area (Å²) in [6.45, 7) is 10.7. The molecule has 15 heavy (non-hydrogen) atoms. The van der Waals surface area contributed by atoms with Gasteiger partial charge in [0.2, 0.25) is 0 Å². The average Bonchev–Trinajstić information content (AvgIpc) is 2.14. The quantitative estimate of drug-likeness (QED) is 0.700. The van der Waals surface area contributed by atoms with Gasteiger partial charge in [0.1, 0.15) is 0 Å². The molecule has 0 aromatic heterocycles. The van der Waals surface area contributed by atoms with E-state index in [0.29, 0.717) is 5.41 Å². The van der Waals surface area contributed by atoms with Gasteiger partial charge in [-0.3, -0.25) is 0 Å². The van der Waals surface area contributed by atoms with Crippen LogP contribution in [0.2, 0.25) is 0 Å². The Bertz CT molecular complexity index is 204. The summed E-state index contributed by atoms with van der Waals surface area (Å²) in [5, 5.41) is 10.3. The Labute approximate surface area is 94.6 Å². The number of hydrogen-bond donors (Lipinski definition) is 1. The predicted molar refractivity (Wildman–Crippen MR) is 65.8 cm³/mol. The molecule has 1 fully saturated rings. The van der Waals surface area contributed by atoms with Crippen molar-refractivity contribution in [3.8, 4) is 0 Å². The van der Waals surface area contributed by atoms with E-state index in [-0.39, 0.29) is 0 Å². The second-order valence-corrected chi connectivity index (χ2v) is 6.19. The molecule has 0 amide bonds. The Morgan fingerprint density at radius 3 is 2.27 bits per heavy atom. The molecule has 1 aliphatic rings. The van der Waals surface area contributed by atoms with Crippen molar-refractivity contribution < 1.29 is 5.11 Å². The third kappa shape index (κ3) is 3.64. The Hall–Kier alpha value is -0.300. The Balaban J connectivity index is 2.44. The average molecular weight is 210 g/mol. The molecular weight excluding hydrogens is 184 g/mol. The fourth-order valence-electron chi connectivity index (χ4n) is 2.64. The fourth-order valence-corrected chi connectivity index (χ4v) is 2.64. The van der Waals surface area contributed by atoms with Crippen LogP contribution < -0.4 is 0 Å². The van der Waals surface area contributed by atoms with Gasteiger partial charge in [0.15, 0.2) is 0 Å². The Morgan fingerprint density at radius 1 is 1.33 bits per heavy atom. The van der Waals surface area contributed by atoms with Crippen molar-refractivity contribution in [2.75, 3.05) is 0 Å². The van der Waals surface area contributed by atoms with Gasteiger partial charge in [-0.05, 0) is 49.9 Å². The third-order valence-corrected chi connectivity index (χ3v) is 3.95. The van der Waals surface area contributed by atoms with E-state index in [0.717, 1.165) is 31.6 Å². The van der Waals surface area contributed by atoms with E-state index in [9.17, 15) is 5.11 Å². The zero-order chi connectivity index (χ0) is 11.5. The molecule has 0 atom stereocenters. The zero-order valence-electron chi connectivity index (χ0n) is 10.6. The first-order valence-electron chi connectivity index (χ1n) is 6.21. The highest BCUT2D eigenvalue weighted by Crippen LogP contribution is 2.42.